The number of rotatable bonds is 5. The quantitative estimate of drug-likeness (QED) is 0.783. The molecule has 0 bridgehead atoms. The lowest BCUT2D eigenvalue weighted by Crippen LogP contribution is -2.28. The molecular weight excluding hydrogens is 178 g/mol. The number of carbonyl (C=O) groups is 1. The summed E-state index contributed by atoms with van der Waals surface area (Å²) in [6.07, 6.45) is 3.58. The summed E-state index contributed by atoms with van der Waals surface area (Å²) in [6, 6.07) is 3.67. The summed E-state index contributed by atoms with van der Waals surface area (Å²) in [5.74, 6) is 0.986. The fourth-order valence-corrected chi connectivity index (χ4v) is 1.33. The molecule has 0 aliphatic carbocycles. The van der Waals surface area contributed by atoms with Crippen LogP contribution in [-0.2, 0) is 11.3 Å². The smallest absolute Gasteiger partial charge is 0.223 e. The van der Waals surface area contributed by atoms with Crippen LogP contribution in [0, 0.1) is 5.92 Å². The predicted molar refractivity (Wildman–Crippen MR) is 54.6 cm³/mol. The average Bonchev–Trinajstić information content (AvgIpc) is 2.67. The van der Waals surface area contributed by atoms with E-state index in [2.05, 4.69) is 12.2 Å². The summed E-state index contributed by atoms with van der Waals surface area (Å²) in [5.41, 5.74) is 0. The zero-order valence-electron chi connectivity index (χ0n) is 8.75. The summed E-state index contributed by atoms with van der Waals surface area (Å²) in [4.78, 5) is 11.5. The minimum atomic E-state index is 0.0926. The summed E-state index contributed by atoms with van der Waals surface area (Å²) in [7, 11) is 0. The van der Waals surface area contributed by atoms with E-state index < -0.39 is 0 Å². The fourth-order valence-electron chi connectivity index (χ4n) is 1.33. The SMILES string of the molecule is CCC[C@H](C)C(=O)NCc1ccco1. The molecule has 78 valence electrons. The van der Waals surface area contributed by atoms with Gasteiger partial charge >= 0.3 is 0 Å². The second-order valence-corrected chi connectivity index (χ2v) is 3.49. The van der Waals surface area contributed by atoms with Crippen molar-refractivity contribution in [2.24, 2.45) is 5.92 Å². The molecule has 1 atom stereocenters. The number of furan rings is 1. The van der Waals surface area contributed by atoms with Gasteiger partial charge in [0.25, 0.3) is 0 Å². The van der Waals surface area contributed by atoms with Crippen molar-refractivity contribution in [3.05, 3.63) is 24.2 Å². The van der Waals surface area contributed by atoms with E-state index in [1.807, 2.05) is 19.1 Å². The van der Waals surface area contributed by atoms with Gasteiger partial charge in [0, 0.05) is 5.92 Å². The van der Waals surface area contributed by atoms with Gasteiger partial charge in [-0.25, -0.2) is 0 Å². The van der Waals surface area contributed by atoms with E-state index in [1.54, 1.807) is 6.26 Å². The maximum absolute atomic E-state index is 11.5. The Morgan fingerprint density at radius 2 is 2.43 bits per heavy atom. The van der Waals surface area contributed by atoms with Gasteiger partial charge in [0.15, 0.2) is 0 Å². The van der Waals surface area contributed by atoms with Crippen molar-refractivity contribution in [3.8, 4) is 0 Å². The van der Waals surface area contributed by atoms with Crippen molar-refractivity contribution >= 4 is 5.91 Å². The van der Waals surface area contributed by atoms with Crippen LogP contribution in [0.4, 0.5) is 0 Å². The van der Waals surface area contributed by atoms with Gasteiger partial charge in [0.05, 0.1) is 12.8 Å². The Bertz CT molecular complexity index is 267. The van der Waals surface area contributed by atoms with Crippen LogP contribution in [0.3, 0.4) is 0 Å². The molecule has 1 aromatic heterocycles. The molecule has 1 N–H and O–H groups in total. The lowest BCUT2D eigenvalue weighted by molar-refractivity contribution is -0.124. The number of amides is 1. The first-order valence-electron chi connectivity index (χ1n) is 5.04. The normalized spacial score (nSPS) is 12.4. The minimum Gasteiger partial charge on any atom is -0.467 e. The van der Waals surface area contributed by atoms with Crippen LogP contribution in [-0.4, -0.2) is 5.91 Å². The molecule has 14 heavy (non-hydrogen) atoms. The first-order chi connectivity index (χ1) is 6.74. The topological polar surface area (TPSA) is 42.2 Å². The number of hydrogen-bond acceptors (Lipinski definition) is 2. The molecule has 0 aliphatic heterocycles. The van der Waals surface area contributed by atoms with Gasteiger partial charge < -0.3 is 9.73 Å². The lowest BCUT2D eigenvalue weighted by Gasteiger charge is -2.09. The molecule has 1 amide bonds. The predicted octanol–water partition coefficient (Wildman–Crippen LogP) is 2.33. The summed E-state index contributed by atoms with van der Waals surface area (Å²) < 4.78 is 5.11. The van der Waals surface area contributed by atoms with E-state index in [0.29, 0.717) is 6.54 Å². The molecule has 0 aliphatic rings. The Labute approximate surface area is 84.5 Å². The average molecular weight is 195 g/mol. The first kappa shape index (κ1) is 10.8. The standard InChI is InChI=1S/C11H17NO2/c1-3-5-9(2)11(13)12-8-10-6-4-7-14-10/h4,6-7,9H,3,5,8H2,1-2H3,(H,12,13)/t9-/m0/s1. The molecule has 1 rings (SSSR count). The highest BCUT2D eigenvalue weighted by molar-refractivity contribution is 5.78. The number of hydrogen-bond donors (Lipinski definition) is 1. The summed E-state index contributed by atoms with van der Waals surface area (Å²) >= 11 is 0. The van der Waals surface area contributed by atoms with Crippen LogP contribution in [0.25, 0.3) is 0 Å². The van der Waals surface area contributed by atoms with Crippen LogP contribution < -0.4 is 5.32 Å². The molecule has 0 radical (unpaired) electrons. The van der Waals surface area contributed by atoms with E-state index in [9.17, 15) is 4.79 Å². The Morgan fingerprint density at radius 1 is 1.64 bits per heavy atom. The Balaban J connectivity index is 2.27. The first-order valence-corrected chi connectivity index (χ1v) is 5.04. The van der Waals surface area contributed by atoms with Crippen LogP contribution >= 0.6 is 0 Å². The zero-order chi connectivity index (χ0) is 10.4. The number of nitrogens with one attached hydrogen (secondary N) is 1. The maximum Gasteiger partial charge on any atom is 0.223 e. The van der Waals surface area contributed by atoms with Crippen molar-refractivity contribution in [1.29, 1.82) is 0 Å². The second kappa shape index (κ2) is 5.47. The molecule has 0 unspecified atom stereocenters. The van der Waals surface area contributed by atoms with Crippen molar-refractivity contribution in [2.45, 2.75) is 33.2 Å². The van der Waals surface area contributed by atoms with Gasteiger partial charge in [-0.1, -0.05) is 20.3 Å². The van der Waals surface area contributed by atoms with Crippen molar-refractivity contribution in [2.75, 3.05) is 0 Å². The van der Waals surface area contributed by atoms with Gasteiger partial charge in [-0.3, -0.25) is 4.79 Å². The monoisotopic (exact) mass is 195 g/mol. The highest BCUT2D eigenvalue weighted by Crippen LogP contribution is 2.05. The molecule has 3 nitrogen and oxygen atoms in total. The third kappa shape index (κ3) is 3.24. The van der Waals surface area contributed by atoms with Gasteiger partial charge in [-0.05, 0) is 18.6 Å². The molecule has 0 spiro atoms. The van der Waals surface area contributed by atoms with E-state index in [0.717, 1.165) is 18.6 Å². The third-order valence-electron chi connectivity index (χ3n) is 2.19. The molecular formula is C11H17NO2. The highest BCUT2D eigenvalue weighted by Gasteiger charge is 2.11. The Morgan fingerprint density at radius 3 is 3.00 bits per heavy atom. The van der Waals surface area contributed by atoms with Crippen molar-refractivity contribution < 1.29 is 9.21 Å². The third-order valence-corrected chi connectivity index (χ3v) is 2.19. The molecule has 0 saturated heterocycles. The molecule has 0 aromatic carbocycles. The summed E-state index contributed by atoms with van der Waals surface area (Å²) in [6.45, 7) is 4.51. The van der Waals surface area contributed by atoms with Crippen LogP contribution in [0.2, 0.25) is 0 Å². The number of carbonyl (C=O) groups excluding carboxylic acids is 1. The maximum atomic E-state index is 11.5. The molecule has 1 aromatic rings. The van der Waals surface area contributed by atoms with Crippen LogP contribution in [0.1, 0.15) is 32.4 Å². The molecule has 1 heterocycles. The van der Waals surface area contributed by atoms with E-state index in [-0.39, 0.29) is 11.8 Å². The van der Waals surface area contributed by atoms with Crippen LogP contribution in [0.5, 0.6) is 0 Å². The van der Waals surface area contributed by atoms with Gasteiger partial charge in [-0.15, -0.1) is 0 Å². The molecule has 3 heteroatoms. The zero-order valence-corrected chi connectivity index (χ0v) is 8.75. The minimum absolute atomic E-state index is 0.0926. The van der Waals surface area contributed by atoms with E-state index >= 15 is 0 Å². The van der Waals surface area contributed by atoms with Crippen molar-refractivity contribution in [1.82, 2.24) is 5.32 Å². The van der Waals surface area contributed by atoms with Gasteiger partial charge in [0.1, 0.15) is 5.76 Å². The second-order valence-electron chi connectivity index (χ2n) is 3.49. The van der Waals surface area contributed by atoms with Gasteiger partial charge in [0.2, 0.25) is 5.91 Å². The lowest BCUT2D eigenvalue weighted by atomic mass is 10.1. The van der Waals surface area contributed by atoms with Crippen molar-refractivity contribution in [3.63, 3.8) is 0 Å². The van der Waals surface area contributed by atoms with Crippen LogP contribution in [0.15, 0.2) is 22.8 Å². The largest absolute Gasteiger partial charge is 0.467 e. The highest BCUT2D eigenvalue weighted by atomic mass is 16.3. The summed E-state index contributed by atoms with van der Waals surface area (Å²) in [5, 5.41) is 2.84. The van der Waals surface area contributed by atoms with E-state index in [1.165, 1.54) is 0 Å². The fraction of sp³-hybridized carbons (Fsp3) is 0.545. The van der Waals surface area contributed by atoms with Gasteiger partial charge in [-0.2, -0.15) is 0 Å². The Kier molecular flexibility index (Phi) is 4.23. The molecule has 0 fully saturated rings. The van der Waals surface area contributed by atoms with E-state index in [4.69, 9.17) is 4.42 Å². The Hall–Kier alpha value is -1.25. The molecule has 0 saturated carbocycles.